The Morgan fingerprint density at radius 3 is 2.53 bits per heavy atom. The van der Waals surface area contributed by atoms with E-state index in [0.717, 1.165) is 24.3 Å². The van der Waals surface area contributed by atoms with E-state index in [1.165, 1.54) is 12.0 Å². The second-order valence-corrected chi connectivity index (χ2v) is 5.33. The second-order valence-electron chi connectivity index (χ2n) is 4.90. The lowest BCUT2D eigenvalue weighted by Crippen LogP contribution is -2.43. The summed E-state index contributed by atoms with van der Waals surface area (Å²) in [4.78, 5) is 0. The fraction of sp³-hybridized carbons (Fsp3) is 0.571. The van der Waals surface area contributed by atoms with Crippen LogP contribution in [0.3, 0.4) is 0 Å². The third kappa shape index (κ3) is 3.44. The smallest absolute Gasteiger partial charge is 0.0693 e. The molecule has 1 saturated carbocycles. The summed E-state index contributed by atoms with van der Waals surface area (Å²) in [6.45, 7) is 2.13. The predicted molar refractivity (Wildman–Crippen MR) is 71.3 cm³/mol. The van der Waals surface area contributed by atoms with Crippen LogP contribution in [0.15, 0.2) is 24.3 Å². The van der Waals surface area contributed by atoms with Gasteiger partial charge in [-0.2, -0.15) is 0 Å². The molecule has 0 unspecified atom stereocenters. The maximum Gasteiger partial charge on any atom is 0.0693 e. The topological polar surface area (TPSA) is 32.3 Å². The van der Waals surface area contributed by atoms with Crippen LogP contribution in [-0.4, -0.2) is 17.3 Å². The highest BCUT2D eigenvalue weighted by atomic mass is 35.5. The Hall–Kier alpha value is -0.570. The Morgan fingerprint density at radius 1 is 1.24 bits per heavy atom. The zero-order chi connectivity index (χ0) is 12.3. The number of benzene rings is 1. The highest BCUT2D eigenvalue weighted by molar-refractivity contribution is 6.30. The highest BCUT2D eigenvalue weighted by Crippen LogP contribution is 2.22. The number of aliphatic hydroxyl groups excluding tert-OH is 1. The van der Waals surface area contributed by atoms with Crippen LogP contribution in [0, 0.1) is 0 Å². The number of aliphatic hydroxyl groups is 1. The van der Waals surface area contributed by atoms with Gasteiger partial charge in [-0.1, -0.05) is 36.6 Å². The first kappa shape index (κ1) is 12.9. The molecular formula is C14H20ClNO. The average molecular weight is 254 g/mol. The lowest BCUT2D eigenvalue weighted by Gasteiger charge is -2.31. The summed E-state index contributed by atoms with van der Waals surface area (Å²) in [6.07, 6.45) is 4.15. The van der Waals surface area contributed by atoms with Gasteiger partial charge in [-0.3, -0.25) is 0 Å². The number of halogens is 1. The normalized spacial score (nSPS) is 26.8. The Balaban J connectivity index is 1.95. The highest BCUT2D eigenvalue weighted by Gasteiger charge is 2.24. The van der Waals surface area contributed by atoms with E-state index in [0.29, 0.717) is 0 Å². The van der Waals surface area contributed by atoms with E-state index >= 15 is 0 Å². The molecule has 0 heterocycles. The average Bonchev–Trinajstić information content (AvgIpc) is 2.33. The van der Waals surface area contributed by atoms with Gasteiger partial charge in [0.15, 0.2) is 0 Å². The van der Waals surface area contributed by atoms with Crippen LogP contribution >= 0.6 is 11.6 Å². The zero-order valence-electron chi connectivity index (χ0n) is 10.2. The van der Waals surface area contributed by atoms with E-state index in [-0.39, 0.29) is 18.2 Å². The number of hydrogen-bond acceptors (Lipinski definition) is 2. The minimum atomic E-state index is -0.196. The van der Waals surface area contributed by atoms with Crippen LogP contribution in [0.4, 0.5) is 0 Å². The van der Waals surface area contributed by atoms with Gasteiger partial charge in [-0.05, 0) is 37.5 Å². The van der Waals surface area contributed by atoms with Gasteiger partial charge < -0.3 is 10.4 Å². The standard InChI is InChI=1S/C14H20ClNO/c1-10(11-6-8-12(15)9-7-11)16-13-4-2-3-5-14(13)17/h6-10,13-14,16-17H,2-5H2,1H3/t10-,13+,14+/m1/s1. The quantitative estimate of drug-likeness (QED) is 0.867. The molecule has 0 aromatic heterocycles. The van der Waals surface area contributed by atoms with E-state index in [1.54, 1.807) is 0 Å². The monoisotopic (exact) mass is 253 g/mol. The Labute approximate surface area is 108 Å². The largest absolute Gasteiger partial charge is 0.392 e. The van der Waals surface area contributed by atoms with Crippen LogP contribution in [0.2, 0.25) is 5.02 Å². The first-order valence-electron chi connectivity index (χ1n) is 6.36. The molecule has 17 heavy (non-hydrogen) atoms. The molecule has 3 atom stereocenters. The van der Waals surface area contributed by atoms with Crippen molar-refractivity contribution in [1.82, 2.24) is 5.32 Å². The molecule has 0 saturated heterocycles. The molecule has 1 aliphatic carbocycles. The van der Waals surface area contributed by atoms with Gasteiger partial charge in [0.2, 0.25) is 0 Å². The molecule has 1 aromatic rings. The molecule has 94 valence electrons. The maximum absolute atomic E-state index is 9.93. The molecule has 1 aliphatic rings. The molecule has 1 fully saturated rings. The third-order valence-corrected chi connectivity index (χ3v) is 3.82. The zero-order valence-corrected chi connectivity index (χ0v) is 11.0. The van der Waals surface area contributed by atoms with Crippen molar-refractivity contribution in [3.05, 3.63) is 34.9 Å². The van der Waals surface area contributed by atoms with Crippen molar-refractivity contribution in [2.45, 2.75) is 50.8 Å². The van der Waals surface area contributed by atoms with E-state index in [4.69, 9.17) is 11.6 Å². The van der Waals surface area contributed by atoms with Crippen molar-refractivity contribution in [2.75, 3.05) is 0 Å². The van der Waals surface area contributed by atoms with Crippen LogP contribution < -0.4 is 5.32 Å². The molecule has 2 rings (SSSR count). The van der Waals surface area contributed by atoms with Crippen molar-refractivity contribution in [1.29, 1.82) is 0 Å². The fourth-order valence-corrected chi connectivity index (χ4v) is 2.60. The molecule has 2 nitrogen and oxygen atoms in total. The third-order valence-electron chi connectivity index (χ3n) is 3.56. The van der Waals surface area contributed by atoms with E-state index in [2.05, 4.69) is 12.2 Å². The lowest BCUT2D eigenvalue weighted by atomic mass is 9.91. The van der Waals surface area contributed by atoms with E-state index in [9.17, 15) is 5.11 Å². The van der Waals surface area contributed by atoms with Crippen LogP contribution in [0.5, 0.6) is 0 Å². The van der Waals surface area contributed by atoms with Gasteiger partial charge in [0.1, 0.15) is 0 Å². The molecule has 1 aromatic carbocycles. The predicted octanol–water partition coefficient (Wildman–Crippen LogP) is 3.29. The Kier molecular flexibility index (Phi) is 4.43. The molecule has 0 radical (unpaired) electrons. The summed E-state index contributed by atoms with van der Waals surface area (Å²) in [5.74, 6) is 0. The molecule has 0 amide bonds. The van der Waals surface area contributed by atoms with Crippen molar-refractivity contribution in [3.63, 3.8) is 0 Å². The van der Waals surface area contributed by atoms with Crippen molar-refractivity contribution >= 4 is 11.6 Å². The van der Waals surface area contributed by atoms with Gasteiger partial charge in [-0.25, -0.2) is 0 Å². The molecule has 0 spiro atoms. The lowest BCUT2D eigenvalue weighted by molar-refractivity contribution is 0.0860. The van der Waals surface area contributed by atoms with Gasteiger partial charge in [0, 0.05) is 17.1 Å². The minimum Gasteiger partial charge on any atom is -0.392 e. The minimum absolute atomic E-state index is 0.196. The first-order chi connectivity index (χ1) is 8.16. The fourth-order valence-electron chi connectivity index (χ4n) is 2.47. The van der Waals surface area contributed by atoms with Crippen molar-refractivity contribution < 1.29 is 5.11 Å². The molecular weight excluding hydrogens is 234 g/mol. The molecule has 0 bridgehead atoms. The molecule has 0 aliphatic heterocycles. The summed E-state index contributed by atoms with van der Waals surface area (Å²) >= 11 is 5.87. The Bertz CT molecular complexity index is 352. The second kappa shape index (κ2) is 5.85. The SMILES string of the molecule is C[C@@H](N[C@H]1CCCC[C@@H]1O)c1ccc(Cl)cc1. The van der Waals surface area contributed by atoms with Gasteiger partial charge in [-0.15, -0.1) is 0 Å². The molecule has 2 N–H and O–H groups in total. The number of hydrogen-bond donors (Lipinski definition) is 2. The van der Waals surface area contributed by atoms with Crippen molar-refractivity contribution in [2.24, 2.45) is 0 Å². The number of rotatable bonds is 3. The summed E-state index contributed by atoms with van der Waals surface area (Å²) in [5, 5.41) is 14.2. The summed E-state index contributed by atoms with van der Waals surface area (Å²) in [7, 11) is 0. The summed E-state index contributed by atoms with van der Waals surface area (Å²) < 4.78 is 0. The first-order valence-corrected chi connectivity index (χ1v) is 6.74. The Morgan fingerprint density at radius 2 is 1.88 bits per heavy atom. The van der Waals surface area contributed by atoms with Crippen LogP contribution in [0.25, 0.3) is 0 Å². The number of nitrogens with one attached hydrogen (secondary N) is 1. The van der Waals surface area contributed by atoms with E-state index < -0.39 is 0 Å². The van der Waals surface area contributed by atoms with Gasteiger partial charge in [0.25, 0.3) is 0 Å². The summed E-state index contributed by atoms with van der Waals surface area (Å²) in [6, 6.07) is 8.38. The van der Waals surface area contributed by atoms with Gasteiger partial charge >= 0.3 is 0 Å². The van der Waals surface area contributed by atoms with Crippen LogP contribution in [0.1, 0.15) is 44.2 Å². The van der Waals surface area contributed by atoms with Crippen LogP contribution in [-0.2, 0) is 0 Å². The summed E-state index contributed by atoms with van der Waals surface area (Å²) in [5.41, 5.74) is 1.21. The maximum atomic E-state index is 9.93. The van der Waals surface area contributed by atoms with Gasteiger partial charge in [0.05, 0.1) is 6.10 Å². The van der Waals surface area contributed by atoms with E-state index in [1.807, 2.05) is 24.3 Å². The van der Waals surface area contributed by atoms with Crippen molar-refractivity contribution in [3.8, 4) is 0 Å². The molecule has 3 heteroatoms.